The van der Waals surface area contributed by atoms with Crippen molar-refractivity contribution in [2.24, 2.45) is 0 Å². The fourth-order valence-electron chi connectivity index (χ4n) is 1.71. The van der Waals surface area contributed by atoms with Gasteiger partial charge < -0.3 is 14.8 Å². The van der Waals surface area contributed by atoms with Gasteiger partial charge in [0.2, 0.25) is 0 Å². The van der Waals surface area contributed by atoms with Crippen LogP contribution in [0.25, 0.3) is 11.0 Å². The van der Waals surface area contributed by atoms with Crippen molar-refractivity contribution in [1.29, 1.82) is 0 Å². The highest BCUT2D eigenvalue weighted by Gasteiger charge is 2.09. The molecular formula is C15H15NO3. The molecule has 2 aromatic rings. The van der Waals surface area contributed by atoms with E-state index in [0.717, 1.165) is 11.1 Å². The first kappa shape index (κ1) is 13.2. The van der Waals surface area contributed by atoms with Crippen LogP contribution in [0.5, 0.6) is 0 Å². The number of hydrogen-bond acceptors (Lipinski definition) is 4. The first-order chi connectivity index (χ1) is 8.90. The van der Waals surface area contributed by atoms with Gasteiger partial charge in [-0.3, -0.25) is 0 Å². The van der Waals surface area contributed by atoms with Gasteiger partial charge in [-0.15, -0.1) is 0 Å². The van der Waals surface area contributed by atoms with E-state index < -0.39 is 11.2 Å². The topological polar surface area (TPSA) is 62.5 Å². The molecule has 0 amide bonds. The zero-order chi connectivity index (χ0) is 14.0. The second kappa shape index (κ2) is 4.79. The van der Waals surface area contributed by atoms with E-state index in [2.05, 4.69) is 17.2 Å². The van der Waals surface area contributed by atoms with E-state index in [1.54, 1.807) is 39.1 Å². The Kier molecular flexibility index (Phi) is 3.32. The highest BCUT2D eigenvalue weighted by Crippen LogP contribution is 2.24. The van der Waals surface area contributed by atoms with Gasteiger partial charge in [-0.1, -0.05) is 11.8 Å². The van der Waals surface area contributed by atoms with E-state index in [0.29, 0.717) is 11.1 Å². The van der Waals surface area contributed by atoms with Crippen LogP contribution in [0.2, 0.25) is 0 Å². The smallest absolute Gasteiger partial charge is 0.336 e. The molecule has 0 aliphatic rings. The molecule has 2 N–H and O–H groups in total. The van der Waals surface area contributed by atoms with Crippen molar-refractivity contribution >= 4 is 16.7 Å². The Morgan fingerprint density at radius 3 is 2.63 bits per heavy atom. The third kappa shape index (κ3) is 2.95. The minimum absolute atomic E-state index is 0.397. The molecule has 4 heteroatoms. The number of hydrogen-bond donors (Lipinski definition) is 2. The van der Waals surface area contributed by atoms with Gasteiger partial charge in [0, 0.05) is 18.5 Å². The third-order valence-electron chi connectivity index (χ3n) is 2.56. The van der Waals surface area contributed by atoms with Crippen molar-refractivity contribution in [3.05, 3.63) is 40.2 Å². The van der Waals surface area contributed by atoms with Gasteiger partial charge in [-0.05, 0) is 32.0 Å². The lowest BCUT2D eigenvalue weighted by Crippen LogP contribution is -2.14. The van der Waals surface area contributed by atoms with Gasteiger partial charge in [0.05, 0.1) is 11.3 Å². The number of benzene rings is 1. The van der Waals surface area contributed by atoms with Gasteiger partial charge in [0.25, 0.3) is 0 Å². The van der Waals surface area contributed by atoms with Crippen molar-refractivity contribution in [3.8, 4) is 11.8 Å². The van der Waals surface area contributed by atoms with Crippen molar-refractivity contribution < 1.29 is 9.52 Å². The summed E-state index contributed by atoms with van der Waals surface area (Å²) in [6.45, 7) is 3.23. The summed E-state index contributed by atoms with van der Waals surface area (Å²) in [6.07, 6.45) is 0. The van der Waals surface area contributed by atoms with Crippen LogP contribution in [-0.4, -0.2) is 17.8 Å². The summed E-state index contributed by atoms with van der Waals surface area (Å²) in [4.78, 5) is 11.2. The van der Waals surface area contributed by atoms with Crippen LogP contribution in [0.1, 0.15) is 19.4 Å². The van der Waals surface area contributed by atoms with Crippen LogP contribution in [0.15, 0.2) is 33.5 Å². The predicted octanol–water partition coefficient (Wildman–Crippen LogP) is 1.96. The molecule has 19 heavy (non-hydrogen) atoms. The lowest BCUT2D eigenvalue weighted by molar-refractivity contribution is 0.143. The molecule has 1 aromatic carbocycles. The maximum atomic E-state index is 11.2. The standard InChI is InChI=1S/C15H15NO3/c1-15(2,18)9-8-10-11-4-7-14(17)19-13(11)6-5-12(10)16-3/h4-7,16,18H,1-3H3. The maximum absolute atomic E-state index is 11.2. The van der Waals surface area contributed by atoms with Crippen LogP contribution in [0.3, 0.4) is 0 Å². The van der Waals surface area contributed by atoms with Gasteiger partial charge in [0.15, 0.2) is 0 Å². The van der Waals surface area contributed by atoms with Crippen LogP contribution in [0, 0.1) is 11.8 Å². The Hall–Kier alpha value is -2.25. The van der Waals surface area contributed by atoms with Crippen molar-refractivity contribution in [1.82, 2.24) is 0 Å². The van der Waals surface area contributed by atoms with Crippen LogP contribution in [-0.2, 0) is 0 Å². The monoisotopic (exact) mass is 257 g/mol. The molecule has 0 unspecified atom stereocenters. The molecule has 0 saturated heterocycles. The van der Waals surface area contributed by atoms with Gasteiger partial charge in [-0.2, -0.15) is 0 Å². The number of fused-ring (bicyclic) bond motifs is 1. The van der Waals surface area contributed by atoms with Crippen molar-refractivity contribution in [2.75, 3.05) is 12.4 Å². The number of nitrogens with one attached hydrogen (secondary N) is 1. The normalized spacial score (nSPS) is 10.9. The fourth-order valence-corrected chi connectivity index (χ4v) is 1.71. The van der Waals surface area contributed by atoms with E-state index in [1.807, 2.05) is 0 Å². The Morgan fingerprint density at radius 1 is 1.26 bits per heavy atom. The minimum atomic E-state index is -1.08. The number of anilines is 1. The first-order valence-corrected chi connectivity index (χ1v) is 5.91. The lowest BCUT2D eigenvalue weighted by Gasteiger charge is -2.09. The summed E-state index contributed by atoms with van der Waals surface area (Å²) in [6, 6.07) is 6.55. The van der Waals surface area contributed by atoms with E-state index in [-0.39, 0.29) is 0 Å². The highest BCUT2D eigenvalue weighted by molar-refractivity contribution is 5.89. The summed E-state index contributed by atoms with van der Waals surface area (Å²) >= 11 is 0. The van der Waals surface area contributed by atoms with Crippen molar-refractivity contribution in [3.63, 3.8) is 0 Å². The van der Waals surface area contributed by atoms with E-state index in [1.165, 1.54) is 6.07 Å². The van der Waals surface area contributed by atoms with Gasteiger partial charge in [-0.25, -0.2) is 4.79 Å². The lowest BCUT2D eigenvalue weighted by atomic mass is 10.0. The summed E-state index contributed by atoms with van der Waals surface area (Å²) in [5.74, 6) is 5.71. The van der Waals surface area contributed by atoms with E-state index in [4.69, 9.17) is 4.42 Å². The molecule has 0 fully saturated rings. The molecule has 0 saturated carbocycles. The quantitative estimate of drug-likeness (QED) is 0.605. The molecule has 2 rings (SSSR count). The average molecular weight is 257 g/mol. The molecule has 0 aliphatic carbocycles. The Morgan fingerprint density at radius 2 is 2.00 bits per heavy atom. The predicted molar refractivity (Wildman–Crippen MR) is 75.2 cm³/mol. The first-order valence-electron chi connectivity index (χ1n) is 5.91. The Balaban J connectivity index is 2.74. The largest absolute Gasteiger partial charge is 0.423 e. The summed E-state index contributed by atoms with van der Waals surface area (Å²) < 4.78 is 5.12. The molecular weight excluding hydrogens is 242 g/mol. The second-order valence-electron chi connectivity index (χ2n) is 4.71. The SMILES string of the molecule is CNc1ccc2oc(=O)ccc2c1C#CC(C)(C)O. The Labute approximate surface area is 111 Å². The molecule has 0 bridgehead atoms. The molecule has 0 aliphatic heterocycles. The highest BCUT2D eigenvalue weighted by atomic mass is 16.4. The fraction of sp³-hybridized carbons (Fsp3) is 0.267. The third-order valence-corrected chi connectivity index (χ3v) is 2.56. The summed E-state index contributed by atoms with van der Waals surface area (Å²) in [7, 11) is 1.79. The Bertz CT molecular complexity index is 727. The molecule has 4 nitrogen and oxygen atoms in total. The van der Waals surface area contributed by atoms with E-state index in [9.17, 15) is 9.90 Å². The minimum Gasteiger partial charge on any atom is -0.423 e. The van der Waals surface area contributed by atoms with Gasteiger partial charge >= 0.3 is 5.63 Å². The summed E-state index contributed by atoms with van der Waals surface area (Å²) in [5, 5.41) is 13.5. The summed E-state index contributed by atoms with van der Waals surface area (Å²) in [5.41, 5.74) is 0.518. The molecule has 0 spiro atoms. The average Bonchev–Trinajstić information content (AvgIpc) is 2.34. The zero-order valence-electron chi connectivity index (χ0n) is 11.1. The van der Waals surface area contributed by atoms with Crippen LogP contribution >= 0.6 is 0 Å². The zero-order valence-corrected chi connectivity index (χ0v) is 11.1. The van der Waals surface area contributed by atoms with Crippen LogP contribution < -0.4 is 10.9 Å². The number of rotatable bonds is 1. The second-order valence-corrected chi connectivity index (χ2v) is 4.71. The molecule has 1 heterocycles. The molecule has 0 radical (unpaired) electrons. The van der Waals surface area contributed by atoms with Crippen molar-refractivity contribution in [2.45, 2.75) is 19.4 Å². The number of aliphatic hydroxyl groups is 1. The molecule has 0 atom stereocenters. The van der Waals surface area contributed by atoms with Gasteiger partial charge in [0.1, 0.15) is 11.2 Å². The van der Waals surface area contributed by atoms with Crippen LogP contribution in [0.4, 0.5) is 5.69 Å². The molecule has 98 valence electrons. The maximum Gasteiger partial charge on any atom is 0.336 e. The van der Waals surface area contributed by atoms with E-state index >= 15 is 0 Å². The molecule has 1 aromatic heterocycles.